The molecule has 1 aromatic carbocycles. The zero-order chi connectivity index (χ0) is 20.4. The highest BCUT2D eigenvalue weighted by Gasteiger charge is 2.30. The number of hydrogen-bond acceptors (Lipinski definition) is 5. The van der Waals surface area contributed by atoms with Gasteiger partial charge in [-0.1, -0.05) is 12.1 Å². The maximum Gasteiger partial charge on any atom is 0.339 e. The van der Waals surface area contributed by atoms with Crippen LogP contribution < -0.4 is 9.80 Å². The standard InChI is InChI=1S/C22H25N3O3/c1-5-25(6-2)16-12-11-15(20(26)14-16)13-17(22(27)28)21-23(3)18-9-7-8-10-19(18)24(21)4/h7-14H,5-6H2,1-4H3,(H,27,28). The minimum absolute atomic E-state index is 0.0777. The summed E-state index contributed by atoms with van der Waals surface area (Å²) in [7, 11) is 3.66. The fraction of sp³-hybridized carbons (Fsp3) is 0.273. The van der Waals surface area contributed by atoms with E-state index in [9.17, 15) is 14.7 Å². The first-order valence-electron chi connectivity index (χ1n) is 9.33. The molecule has 146 valence electrons. The molecular weight excluding hydrogens is 354 g/mol. The lowest BCUT2D eigenvalue weighted by Crippen LogP contribution is -2.26. The van der Waals surface area contributed by atoms with Crippen LogP contribution in [-0.4, -0.2) is 48.9 Å². The van der Waals surface area contributed by atoms with Gasteiger partial charge in [-0.3, -0.25) is 4.79 Å². The lowest BCUT2D eigenvalue weighted by Gasteiger charge is -2.24. The summed E-state index contributed by atoms with van der Waals surface area (Å²) in [5.41, 5.74) is 3.13. The molecule has 6 heteroatoms. The molecule has 0 amide bonds. The SMILES string of the molecule is CCN(CC)C1=CC(=O)C(=CC(C(=O)O)=C2N(C)c3ccccc3N2C)C=C1. The first-order chi connectivity index (χ1) is 13.4. The quantitative estimate of drug-likeness (QED) is 0.793. The molecule has 1 aliphatic heterocycles. The van der Waals surface area contributed by atoms with E-state index in [2.05, 4.69) is 4.90 Å². The third-order valence-corrected chi connectivity index (χ3v) is 5.14. The van der Waals surface area contributed by atoms with Crippen molar-refractivity contribution in [1.29, 1.82) is 0 Å². The van der Waals surface area contributed by atoms with Gasteiger partial charge in [0, 0.05) is 44.5 Å². The Labute approximate surface area is 165 Å². The Kier molecular flexibility index (Phi) is 5.40. The number of carbonyl (C=O) groups is 2. The summed E-state index contributed by atoms with van der Waals surface area (Å²) in [5, 5.41) is 9.87. The average molecular weight is 379 g/mol. The molecule has 0 atom stereocenters. The molecule has 0 radical (unpaired) electrons. The Morgan fingerprint density at radius 1 is 1.07 bits per heavy atom. The molecule has 1 heterocycles. The molecule has 0 saturated heterocycles. The summed E-state index contributed by atoms with van der Waals surface area (Å²) < 4.78 is 0. The number of rotatable bonds is 5. The maximum atomic E-state index is 12.6. The molecule has 1 aliphatic carbocycles. The number of carbonyl (C=O) groups excluding carboxylic acids is 1. The largest absolute Gasteiger partial charge is 0.478 e. The fourth-order valence-corrected chi connectivity index (χ4v) is 3.65. The monoisotopic (exact) mass is 379 g/mol. The number of fused-ring (bicyclic) bond motifs is 1. The van der Waals surface area contributed by atoms with E-state index in [4.69, 9.17) is 0 Å². The van der Waals surface area contributed by atoms with Crippen molar-refractivity contribution in [3.63, 3.8) is 0 Å². The van der Waals surface area contributed by atoms with Crippen LogP contribution in [0.5, 0.6) is 0 Å². The van der Waals surface area contributed by atoms with Crippen LogP contribution in [0.4, 0.5) is 11.4 Å². The van der Waals surface area contributed by atoms with Crippen molar-refractivity contribution < 1.29 is 14.7 Å². The van der Waals surface area contributed by atoms with Crippen molar-refractivity contribution in [2.24, 2.45) is 0 Å². The predicted octanol–water partition coefficient (Wildman–Crippen LogP) is 3.16. The zero-order valence-electron chi connectivity index (χ0n) is 16.6. The van der Waals surface area contributed by atoms with E-state index in [0.717, 1.165) is 30.2 Å². The Morgan fingerprint density at radius 2 is 1.64 bits per heavy atom. The molecule has 0 spiro atoms. The van der Waals surface area contributed by atoms with Gasteiger partial charge in [-0.15, -0.1) is 0 Å². The molecule has 0 aromatic heterocycles. The van der Waals surface area contributed by atoms with Crippen molar-refractivity contribution in [2.75, 3.05) is 37.0 Å². The van der Waals surface area contributed by atoms with Crippen molar-refractivity contribution in [3.05, 3.63) is 71.2 Å². The average Bonchev–Trinajstić information content (AvgIpc) is 2.93. The third-order valence-electron chi connectivity index (χ3n) is 5.14. The fourth-order valence-electron chi connectivity index (χ4n) is 3.65. The maximum absolute atomic E-state index is 12.6. The lowest BCUT2D eigenvalue weighted by molar-refractivity contribution is -0.132. The number of ketones is 1. The Balaban J connectivity index is 2.02. The van der Waals surface area contributed by atoms with E-state index in [0.29, 0.717) is 11.4 Å². The van der Waals surface area contributed by atoms with Crippen LogP contribution >= 0.6 is 0 Å². The van der Waals surface area contributed by atoms with E-state index < -0.39 is 5.97 Å². The molecule has 0 bridgehead atoms. The van der Waals surface area contributed by atoms with Gasteiger partial charge in [-0.05, 0) is 44.2 Å². The summed E-state index contributed by atoms with van der Waals surface area (Å²) >= 11 is 0. The minimum atomic E-state index is -1.08. The Bertz CT molecular complexity index is 905. The number of carboxylic acid groups (broad SMARTS) is 1. The smallest absolute Gasteiger partial charge is 0.339 e. The van der Waals surface area contributed by atoms with Crippen LogP contribution in [0.2, 0.25) is 0 Å². The van der Waals surface area contributed by atoms with Gasteiger partial charge >= 0.3 is 5.97 Å². The van der Waals surface area contributed by atoms with E-state index >= 15 is 0 Å². The molecule has 0 fully saturated rings. The summed E-state index contributed by atoms with van der Waals surface area (Å²) in [5.74, 6) is -0.737. The summed E-state index contributed by atoms with van der Waals surface area (Å²) in [6, 6.07) is 7.71. The summed E-state index contributed by atoms with van der Waals surface area (Å²) in [6.07, 6.45) is 6.59. The van der Waals surface area contributed by atoms with Crippen LogP contribution in [0.25, 0.3) is 0 Å². The number of hydrogen-bond donors (Lipinski definition) is 1. The minimum Gasteiger partial charge on any atom is -0.478 e. The van der Waals surface area contributed by atoms with Gasteiger partial charge in [0.05, 0.1) is 11.4 Å². The molecule has 1 aromatic rings. The first-order valence-corrected chi connectivity index (χ1v) is 9.33. The van der Waals surface area contributed by atoms with E-state index in [-0.39, 0.29) is 11.4 Å². The number of nitrogens with zero attached hydrogens (tertiary/aromatic N) is 3. The van der Waals surface area contributed by atoms with Gasteiger partial charge in [-0.25, -0.2) is 4.79 Å². The molecular formula is C22H25N3O3. The number of allylic oxidation sites excluding steroid dienone is 4. The van der Waals surface area contributed by atoms with Gasteiger partial charge in [0.25, 0.3) is 0 Å². The van der Waals surface area contributed by atoms with E-state index in [1.165, 1.54) is 6.08 Å². The van der Waals surface area contributed by atoms with Crippen LogP contribution in [0.15, 0.2) is 71.2 Å². The van der Waals surface area contributed by atoms with Crippen LogP contribution in [0.1, 0.15) is 13.8 Å². The Hall–Kier alpha value is -3.28. The number of carboxylic acids is 1. The second kappa shape index (κ2) is 7.76. The first kappa shape index (κ1) is 19.5. The van der Waals surface area contributed by atoms with Gasteiger partial charge in [-0.2, -0.15) is 0 Å². The van der Waals surface area contributed by atoms with Gasteiger partial charge in [0.2, 0.25) is 0 Å². The molecule has 6 nitrogen and oxygen atoms in total. The normalized spacial score (nSPS) is 17.1. The highest BCUT2D eigenvalue weighted by molar-refractivity contribution is 6.10. The molecule has 1 N–H and O–H groups in total. The predicted molar refractivity (Wildman–Crippen MR) is 111 cm³/mol. The van der Waals surface area contributed by atoms with Gasteiger partial charge in [0.15, 0.2) is 5.78 Å². The van der Waals surface area contributed by atoms with Crippen molar-refractivity contribution in [2.45, 2.75) is 13.8 Å². The van der Waals surface area contributed by atoms with Crippen molar-refractivity contribution >= 4 is 23.1 Å². The number of para-hydroxylation sites is 2. The second-order valence-corrected chi connectivity index (χ2v) is 6.69. The van der Waals surface area contributed by atoms with Crippen LogP contribution in [0, 0.1) is 0 Å². The highest BCUT2D eigenvalue weighted by Crippen LogP contribution is 2.40. The number of benzene rings is 1. The number of likely N-dealkylation sites (N-methyl/N-ethyl adjacent to an activating group) is 1. The topological polar surface area (TPSA) is 64.1 Å². The third kappa shape index (κ3) is 3.33. The van der Waals surface area contributed by atoms with Gasteiger partial charge in [0.1, 0.15) is 11.4 Å². The summed E-state index contributed by atoms with van der Waals surface area (Å²) in [6.45, 7) is 5.67. The summed E-state index contributed by atoms with van der Waals surface area (Å²) in [4.78, 5) is 30.4. The molecule has 0 saturated carbocycles. The molecule has 3 rings (SSSR count). The number of aliphatic carboxylic acids is 1. The van der Waals surface area contributed by atoms with E-state index in [1.807, 2.05) is 68.1 Å². The van der Waals surface area contributed by atoms with Gasteiger partial charge < -0.3 is 19.8 Å². The number of anilines is 2. The van der Waals surface area contributed by atoms with Crippen molar-refractivity contribution in [1.82, 2.24) is 4.90 Å². The lowest BCUT2D eigenvalue weighted by atomic mass is 10.0. The van der Waals surface area contributed by atoms with Crippen LogP contribution in [0.3, 0.4) is 0 Å². The van der Waals surface area contributed by atoms with Crippen LogP contribution in [-0.2, 0) is 9.59 Å². The molecule has 0 unspecified atom stereocenters. The second-order valence-electron chi connectivity index (χ2n) is 6.69. The Morgan fingerprint density at radius 3 is 2.11 bits per heavy atom. The zero-order valence-corrected chi connectivity index (χ0v) is 16.6. The molecule has 2 aliphatic rings. The highest BCUT2D eigenvalue weighted by atomic mass is 16.4. The molecule has 28 heavy (non-hydrogen) atoms. The van der Waals surface area contributed by atoms with E-state index in [1.54, 1.807) is 12.2 Å². The van der Waals surface area contributed by atoms with Crippen molar-refractivity contribution in [3.8, 4) is 0 Å².